The molecule has 2 aliphatic heterocycles. The standard InChI is InChI=1S/C15H16F2N2O3S/c1-15-7-6-12(20)19(15)11(8-23-15)13(21)18-9-2-4-10(5-3-9)22-14(16)17/h2-5,11,14H,6-8H2,1H3,(H,18,21)/t11-,15-/m1/s1. The summed E-state index contributed by atoms with van der Waals surface area (Å²) >= 11 is 1.62. The maximum Gasteiger partial charge on any atom is 0.387 e. The number of rotatable bonds is 4. The minimum atomic E-state index is -2.88. The van der Waals surface area contributed by atoms with E-state index in [0.29, 0.717) is 17.9 Å². The molecule has 0 radical (unpaired) electrons. The first-order valence-electron chi connectivity index (χ1n) is 7.21. The molecule has 5 nitrogen and oxygen atoms in total. The van der Waals surface area contributed by atoms with Crippen LogP contribution in [0.5, 0.6) is 5.75 Å². The zero-order valence-corrected chi connectivity index (χ0v) is 13.2. The minimum absolute atomic E-state index is 0.00155. The number of hydrogen-bond donors (Lipinski definition) is 1. The average Bonchev–Trinajstić information content (AvgIpc) is 2.98. The van der Waals surface area contributed by atoms with Gasteiger partial charge in [-0.3, -0.25) is 9.59 Å². The predicted molar refractivity (Wildman–Crippen MR) is 82.4 cm³/mol. The molecule has 1 aromatic carbocycles. The summed E-state index contributed by atoms with van der Waals surface area (Å²) in [5.41, 5.74) is 0.474. The highest BCUT2D eigenvalue weighted by molar-refractivity contribution is 8.01. The van der Waals surface area contributed by atoms with Crippen LogP contribution in [-0.2, 0) is 9.59 Å². The summed E-state index contributed by atoms with van der Waals surface area (Å²) in [5.74, 6) is 0.315. The molecule has 23 heavy (non-hydrogen) atoms. The molecule has 124 valence electrons. The van der Waals surface area contributed by atoms with Crippen molar-refractivity contribution in [3.63, 3.8) is 0 Å². The summed E-state index contributed by atoms with van der Waals surface area (Å²) in [5, 5.41) is 2.73. The number of amides is 2. The molecular weight excluding hydrogens is 326 g/mol. The Kier molecular flexibility index (Phi) is 4.18. The first-order chi connectivity index (χ1) is 10.9. The second-order valence-electron chi connectivity index (χ2n) is 5.66. The van der Waals surface area contributed by atoms with Gasteiger partial charge in [-0.05, 0) is 37.6 Å². The molecule has 1 aromatic rings. The van der Waals surface area contributed by atoms with Crippen molar-refractivity contribution >= 4 is 29.3 Å². The average molecular weight is 342 g/mol. The molecule has 0 bridgehead atoms. The minimum Gasteiger partial charge on any atom is -0.435 e. The van der Waals surface area contributed by atoms with Crippen molar-refractivity contribution in [2.75, 3.05) is 11.1 Å². The van der Waals surface area contributed by atoms with Crippen molar-refractivity contribution in [3.8, 4) is 5.75 Å². The molecule has 2 heterocycles. The summed E-state index contributed by atoms with van der Waals surface area (Å²) < 4.78 is 28.5. The van der Waals surface area contributed by atoms with E-state index in [1.165, 1.54) is 24.3 Å². The van der Waals surface area contributed by atoms with Gasteiger partial charge in [-0.2, -0.15) is 8.78 Å². The van der Waals surface area contributed by atoms with Crippen LogP contribution in [0.15, 0.2) is 24.3 Å². The van der Waals surface area contributed by atoms with Crippen molar-refractivity contribution in [2.24, 2.45) is 0 Å². The fraction of sp³-hybridized carbons (Fsp3) is 0.467. The SMILES string of the molecule is C[C@@]12CCC(=O)N1[C@@H](C(=O)Nc1ccc(OC(F)F)cc1)CS2. The molecule has 2 amide bonds. The van der Waals surface area contributed by atoms with Crippen LogP contribution >= 0.6 is 11.8 Å². The molecular formula is C15H16F2N2O3S. The van der Waals surface area contributed by atoms with Crippen molar-refractivity contribution in [1.82, 2.24) is 4.90 Å². The number of carbonyl (C=O) groups excluding carboxylic acids is 2. The molecule has 3 rings (SSSR count). The summed E-state index contributed by atoms with van der Waals surface area (Å²) in [7, 11) is 0. The van der Waals surface area contributed by atoms with Crippen LogP contribution in [0.2, 0.25) is 0 Å². The Morgan fingerprint density at radius 2 is 2.13 bits per heavy atom. The molecule has 0 aromatic heterocycles. The molecule has 2 aliphatic rings. The van der Waals surface area contributed by atoms with Gasteiger partial charge in [0.1, 0.15) is 11.8 Å². The van der Waals surface area contributed by atoms with Crippen LogP contribution in [0.3, 0.4) is 0 Å². The van der Waals surface area contributed by atoms with E-state index in [9.17, 15) is 18.4 Å². The van der Waals surface area contributed by atoms with Gasteiger partial charge in [0.05, 0.1) is 4.87 Å². The van der Waals surface area contributed by atoms with Crippen molar-refractivity contribution in [3.05, 3.63) is 24.3 Å². The Balaban J connectivity index is 1.66. The quantitative estimate of drug-likeness (QED) is 0.914. The van der Waals surface area contributed by atoms with Gasteiger partial charge >= 0.3 is 6.61 Å². The van der Waals surface area contributed by atoms with E-state index >= 15 is 0 Å². The van der Waals surface area contributed by atoms with Crippen LogP contribution < -0.4 is 10.1 Å². The highest BCUT2D eigenvalue weighted by Gasteiger charge is 2.52. The third-order valence-electron chi connectivity index (χ3n) is 4.09. The largest absolute Gasteiger partial charge is 0.435 e. The summed E-state index contributed by atoms with van der Waals surface area (Å²) in [6.07, 6.45) is 1.22. The van der Waals surface area contributed by atoms with E-state index in [1.807, 2.05) is 6.92 Å². The second kappa shape index (κ2) is 5.99. The second-order valence-corrected chi connectivity index (χ2v) is 7.16. The highest BCUT2D eigenvalue weighted by atomic mass is 32.2. The Morgan fingerprint density at radius 3 is 2.78 bits per heavy atom. The lowest BCUT2D eigenvalue weighted by Crippen LogP contribution is -2.48. The summed E-state index contributed by atoms with van der Waals surface area (Å²) in [6.45, 7) is -0.906. The number of alkyl halides is 2. The van der Waals surface area contributed by atoms with Crippen LogP contribution in [0.1, 0.15) is 19.8 Å². The fourth-order valence-electron chi connectivity index (χ4n) is 2.96. The number of nitrogens with zero attached hydrogens (tertiary/aromatic N) is 1. The molecule has 0 unspecified atom stereocenters. The number of fused-ring (bicyclic) bond motifs is 1. The van der Waals surface area contributed by atoms with Gasteiger partial charge in [0, 0.05) is 17.9 Å². The van der Waals surface area contributed by atoms with Crippen LogP contribution in [0.25, 0.3) is 0 Å². The Hall–Kier alpha value is -1.83. The number of hydrogen-bond acceptors (Lipinski definition) is 4. The van der Waals surface area contributed by atoms with E-state index in [4.69, 9.17) is 0 Å². The lowest BCUT2D eigenvalue weighted by molar-refractivity contribution is -0.135. The van der Waals surface area contributed by atoms with Crippen molar-refractivity contribution < 1.29 is 23.1 Å². The van der Waals surface area contributed by atoms with Crippen molar-refractivity contribution in [2.45, 2.75) is 37.3 Å². The summed E-state index contributed by atoms with van der Waals surface area (Å²) in [4.78, 5) is 25.8. The number of anilines is 1. The lowest BCUT2D eigenvalue weighted by Gasteiger charge is -2.29. The van der Waals surface area contributed by atoms with E-state index in [-0.39, 0.29) is 22.4 Å². The van der Waals surface area contributed by atoms with E-state index in [1.54, 1.807) is 16.7 Å². The zero-order valence-electron chi connectivity index (χ0n) is 12.4. The van der Waals surface area contributed by atoms with Gasteiger partial charge in [-0.25, -0.2) is 0 Å². The molecule has 2 atom stereocenters. The smallest absolute Gasteiger partial charge is 0.387 e. The number of carbonyl (C=O) groups is 2. The van der Waals surface area contributed by atoms with Crippen LogP contribution in [0, 0.1) is 0 Å². The van der Waals surface area contributed by atoms with E-state index in [2.05, 4.69) is 10.1 Å². The van der Waals surface area contributed by atoms with Crippen LogP contribution in [-0.4, -0.2) is 40.0 Å². The normalized spacial score (nSPS) is 26.5. The van der Waals surface area contributed by atoms with E-state index in [0.717, 1.165) is 6.42 Å². The number of benzene rings is 1. The maximum absolute atomic E-state index is 12.4. The van der Waals surface area contributed by atoms with Gasteiger partial charge in [-0.1, -0.05) is 0 Å². The highest BCUT2D eigenvalue weighted by Crippen LogP contribution is 2.47. The summed E-state index contributed by atoms with van der Waals surface area (Å²) in [6, 6.07) is 5.19. The Bertz CT molecular complexity index is 626. The molecule has 1 N–H and O–H groups in total. The number of thioether (sulfide) groups is 1. The molecule has 2 fully saturated rings. The van der Waals surface area contributed by atoms with Crippen LogP contribution in [0.4, 0.5) is 14.5 Å². The van der Waals surface area contributed by atoms with Gasteiger partial charge in [0.2, 0.25) is 11.8 Å². The van der Waals surface area contributed by atoms with Gasteiger partial charge < -0.3 is 15.0 Å². The maximum atomic E-state index is 12.4. The number of ether oxygens (including phenoxy) is 1. The van der Waals surface area contributed by atoms with Gasteiger partial charge in [-0.15, -0.1) is 11.8 Å². The molecule has 0 saturated carbocycles. The van der Waals surface area contributed by atoms with Gasteiger partial charge in [0.15, 0.2) is 0 Å². The van der Waals surface area contributed by atoms with Gasteiger partial charge in [0.25, 0.3) is 0 Å². The Morgan fingerprint density at radius 1 is 1.43 bits per heavy atom. The third-order valence-corrected chi connectivity index (χ3v) is 5.60. The topological polar surface area (TPSA) is 58.6 Å². The number of nitrogens with one attached hydrogen (secondary N) is 1. The molecule has 8 heteroatoms. The first kappa shape index (κ1) is 16.0. The third kappa shape index (κ3) is 3.12. The first-order valence-corrected chi connectivity index (χ1v) is 8.19. The monoisotopic (exact) mass is 342 g/mol. The fourth-order valence-corrected chi connectivity index (χ4v) is 4.39. The van der Waals surface area contributed by atoms with E-state index < -0.39 is 12.7 Å². The lowest BCUT2D eigenvalue weighted by atomic mass is 10.2. The predicted octanol–water partition coefficient (Wildman–Crippen LogP) is 2.68. The molecule has 0 aliphatic carbocycles. The zero-order chi connectivity index (χ0) is 16.6. The number of halogens is 2. The molecule has 2 saturated heterocycles. The van der Waals surface area contributed by atoms with Crippen molar-refractivity contribution in [1.29, 1.82) is 0 Å². The molecule has 0 spiro atoms. The Labute approximate surface area is 136 Å².